The molecule has 0 saturated carbocycles. The largest absolute Gasteiger partial charge is 0.495 e. The van der Waals surface area contributed by atoms with Gasteiger partial charge in [-0.3, -0.25) is 14.4 Å². The van der Waals surface area contributed by atoms with Gasteiger partial charge in [0.05, 0.1) is 24.9 Å². The molecule has 1 aromatic heterocycles. The zero-order valence-corrected chi connectivity index (χ0v) is 18.0. The van der Waals surface area contributed by atoms with Crippen molar-refractivity contribution in [2.24, 2.45) is 0 Å². The van der Waals surface area contributed by atoms with Crippen molar-refractivity contribution in [3.8, 4) is 5.75 Å². The van der Waals surface area contributed by atoms with E-state index in [1.165, 1.54) is 30.7 Å². The lowest BCUT2D eigenvalue weighted by molar-refractivity contribution is -0.114. The Bertz CT molecular complexity index is 1200. The van der Waals surface area contributed by atoms with Crippen LogP contribution >= 0.6 is 0 Å². The van der Waals surface area contributed by atoms with Crippen LogP contribution in [0.5, 0.6) is 5.75 Å². The molecule has 0 unspecified atom stereocenters. The maximum atomic E-state index is 12.9. The number of rotatable bonds is 6. The Hall–Kier alpha value is -3.87. The van der Waals surface area contributed by atoms with Crippen molar-refractivity contribution in [3.05, 3.63) is 87.3 Å². The van der Waals surface area contributed by atoms with Crippen LogP contribution in [0, 0.1) is 13.8 Å². The minimum absolute atomic E-state index is 0.192. The van der Waals surface area contributed by atoms with Gasteiger partial charge < -0.3 is 19.9 Å². The first kappa shape index (κ1) is 21.8. The van der Waals surface area contributed by atoms with Gasteiger partial charge in [0, 0.05) is 24.9 Å². The topological polar surface area (TPSA) is 89.4 Å². The summed E-state index contributed by atoms with van der Waals surface area (Å²) in [5.74, 6) is -0.167. The monoisotopic (exact) mass is 419 g/mol. The van der Waals surface area contributed by atoms with Crippen molar-refractivity contribution in [1.82, 2.24) is 4.57 Å². The van der Waals surface area contributed by atoms with Gasteiger partial charge in [0.1, 0.15) is 5.75 Å². The molecule has 0 aliphatic carbocycles. The van der Waals surface area contributed by atoms with E-state index in [1.807, 2.05) is 32.0 Å². The normalized spacial score (nSPS) is 10.5. The first-order valence-electron chi connectivity index (χ1n) is 9.80. The van der Waals surface area contributed by atoms with Crippen molar-refractivity contribution in [3.63, 3.8) is 0 Å². The van der Waals surface area contributed by atoms with Gasteiger partial charge in [-0.1, -0.05) is 23.8 Å². The lowest BCUT2D eigenvalue weighted by Gasteiger charge is -2.14. The molecule has 2 aromatic carbocycles. The summed E-state index contributed by atoms with van der Waals surface area (Å²) in [5.41, 5.74) is 4.28. The molecule has 3 rings (SSSR count). The van der Waals surface area contributed by atoms with E-state index in [0.29, 0.717) is 29.2 Å². The predicted octanol–water partition coefficient (Wildman–Crippen LogP) is 3.73. The van der Waals surface area contributed by atoms with E-state index in [0.717, 1.165) is 16.7 Å². The number of aromatic nitrogens is 1. The minimum atomic E-state index is -0.395. The van der Waals surface area contributed by atoms with Gasteiger partial charge in [-0.15, -0.1) is 0 Å². The number of nitrogens with one attached hydrogen (secondary N) is 2. The Balaban J connectivity index is 1.88. The van der Waals surface area contributed by atoms with Gasteiger partial charge in [0.25, 0.3) is 11.5 Å². The summed E-state index contributed by atoms with van der Waals surface area (Å²) in [4.78, 5) is 36.6. The molecule has 3 aromatic rings. The molecule has 2 amide bonds. The highest BCUT2D eigenvalue weighted by Gasteiger charge is 2.13. The van der Waals surface area contributed by atoms with Crippen LogP contribution in [0.15, 0.2) is 59.5 Å². The van der Waals surface area contributed by atoms with E-state index in [9.17, 15) is 14.4 Å². The number of hydrogen-bond donors (Lipinski definition) is 2. The smallest absolute Gasteiger partial charge is 0.257 e. The van der Waals surface area contributed by atoms with Gasteiger partial charge in [-0.2, -0.15) is 0 Å². The molecule has 1 heterocycles. The second kappa shape index (κ2) is 9.30. The van der Waals surface area contributed by atoms with E-state index < -0.39 is 5.91 Å². The molecule has 31 heavy (non-hydrogen) atoms. The Morgan fingerprint density at radius 1 is 1.00 bits per heavy atom. The van der Waals surface area contributed by atoms with Crippen molar-refractivity contribution in [2.75, 3.05) is 17.7 Å². The van der Waals surface area contributed by atoms with Crippen molar-refractivity contribution >= 4 is 23.2 Å². The quantitative estimate of drug-likeness (QED) is 0.637. The molecule has 2 N–H and O–H groups in total. The van der Waals surface area contributed by atoms with Crippen LogP contribution in [-0.4, -0.2) is 23.5 Å². The molecule has 0 fully saturated rings. The predicted molar refractivity (Wildman–Crippen MR) is 121 cm³/mol. The molecule has 0 spiro atoms. The SMILES string of the molecule is COc1ccc(NC(C)=O)cc1NC(=O)c1ccc(=O)n(Cc2cc(C)ccc2C)c1. The molecule has 0 saturated heterocycles. The van der Waals surface area contributed by atoms with Gasteiger partial charge in [-0.05, 0) is 49.2 Å². The number of anilines is 2. The van der Waals surface area contributed by atoms with Crippen LogP contribution in [-0.2, 0) is 11.3 Å². The average Bonchev–Trinajstić information content (AvgIpc) is 2.72. The summed E-state index contributed by atoms with van der Waals surface area (Å²) in [7, 11) is 1.49. The van der Waals surface area contributed by atoms with E-state index in [1.54, 1.807) is 24.4 Å². The second-order valence-electron chi connectivity index (χ2n) is 7.36. The second-order valence-corrected chi connectivity index (χ2v) is 7.36. The number of nitrogens with zero attached hydrogens (tertiary/aromatic N) is 1. The zero-order chi connectivity index (χ0) is 22.5. The minimum Gasteiger partial charge on any atom is -0.495 e. The maximum absolute atomic E-state index is 12.9. The number of ether oxygens (including phenoxy) is 1. The summed E-state index contributed by atoms with van der Waals surface area (Å²) >= 11 is 0. The molecule has 0 aliphatic rings. The number of amides is 2. The van der Waals surface area contributed by atoms with Crippen LogP contribution in [0.2, 0.25) is 0 Å². The number of hydrogen-bond acceptors (Lipinski definition) is 4. The third-order valence-corrected chi connectivity index (χ3v) is 4.86. The van der Waals surface area contributed by atoms with Crippen molar-refractivity contribution in [1.29, 1.82) is 0 Å². The van der Waals surface area contributed by atoms with Gasteiger partial charge >= 0.3 is 0 Å². The Kier molecular flexibility index (Phi) is 6.55. The number of benzene rings is 2. The first-order chi connectivity index (χ1) is 14.8. The lowest BCUT2D eigenvalue weighted by atomic mass is 10.1. The summed E-state index contributed by atoms with van der Waals surface area (Å²) in [5, 5.41) is 5.46. The summed E-state index contributed by atoms with van der Waals surface area (Å²) in [6, 6.07) is 13.9. The lowest BCUT2D eigenvalue weighted by Crippen LogP contribution is -2.23. The van der Waals surface area contributed by atoms with Crippen molar-refractivity contribution in [2.45, 2.75) is 27.3 Å². The van der Waals surface area contributed by atoms with E-state index >= 15 is 0 Å². The molecule has 0 radical (unpaired) electrons. The number of carbonyl (C=O) groups is 2. The van der Waals surface area contributed by atoms with Gasteiger partial charge in [0.15, 0.2) is 0 Å². The third-order valence-electron chi connectivity index (χ3n) is 4.86. The van der Waals surface area contributed by atoms with Crippen LogP contribution in [0.1, 0.15) is 34.0 Å². The number of pyridine rings is 1. The number of carbonyl (C=O) groups excluding carboxylic acids is 2. The molecular weight excluding hydrogens is 394 g/mol. The van der Waals surface area contributed by atoms with Crippen molar-refractivity contribution < 1.29 is 14.3 Å². The fraction of sp³-hybridized carbons (Fsp3) is 0.208. The first-order valence-corrected chi connectivity index (χ1v) is 9.80. The maximum Gasteiger partial charge on any atom is 0.257 e. The van der Waals surface area contributed by atoms with E-state index in [-0.39, 0.29) is 11.5 Å². The molecule has 7 nitrogen and oxygen atoms in total. The van der Waals surface area contributed by atoms with E-state index in [2.05, 4.69) is 10.6 Å². The average molecular weight is 419 g/mol. The molecule has 160 valence electrons. The van der Waals surface area contributed by atoms with Crippen LogP contribution in [0.25, 0.3) is 0 Å². The highest BCUT2D eigenvalue weighted by atomic mass is 16.5. The molecule has 0 atom stereocenters. The highest BCUT2D eigenvalue weighted by Crippen LogP contribution is 2.28. The standard InChI is InChI=1S/C24H25N3O4/c1-15-5-6-16(2)19(11-15)14-27-13-18(7-10-23(27)29)24(30)26-21-12-20(25-17(3)28)8-9-22(21)31-4/h5-13H,14H2,1-4H3,(H,25,28)(H,26,30). The third kappa shape index (κ3) is 5.39. The zero-order valence-electron chi connectivity index (χ0n) is 18.0. The van der Waals surface area contributed by atoms with Crippen LogP contribution in [0.3, 0.4) is 0 Å². The Morgan fingerprint density at radius 3 is 2.48 bits per heavy atom. The van der Waals surface area contributed by atoms with Crippen LogP contribution in [0.4, 0.5) is 11.4 Å². The highest BCUT2D eigenvalue weighted by molar-refractivity contribution is 6.05. The summed E-state index contributed by atoms with van der Waals surface area (Å²) < 4.78 is 6.82. The Morgan fingerprint density at radius 2 is 1.77 bits per heavy atom. The Labute approximate surface area is 180 Å². The fourth-order valence-corrected chi connectivity index (χ4v) is 3.22. The number of aryl methyl sites for hydroxylation is 2. The molecule has 7 heteroatoms. The molecule has 0 aliphatic heterocycles. The van der Waals surface area contributed by atoms with Gasteiger partial charge in [0.2, 0.25) is 5.91 Å². The number of methoxy groups -OCH3 is 1. The molecule has 0 bridgehead atoms. The van der Waals surface area contributed by atoms with Gasteiger partial charge in [-0.25, -0.2) is 0 Å². The molecular formula is C24H25N3O4. The summed E-state index contributed by atoms with van der Waals surface area (Å²) in [6.45, 7) is 5.76. The fourth-order valence-electron chi connectivity index (χ4n) is 3.22. The van der Waals surface area contributed by atoms with Crippen LogP contribution < -0.4 is 20.9 Å². The summed E-state index contributed by atoms with van der Waals surface area (Å²) in [6.07, 6.45) is 1.55. The van der Waals surface area contributed by atoms with E-state index in [4.69, 9.17) is 4.74 Å².